The summed E-state index contributed by atoms with van der Waals surface area (Å²) in [7, 11) is 1.58. The van der Waals surface area contributed by atoms with Gasteiger partial charge in [0.25, 0.3) is 5.91 Å². The van der Waals surface area contributed by atoms with Gasteiger partial charge in [0.1, 0.15) is 5.75 Å². The van der Waals surface area contributed by atoms with E-state index in [1.807, 2.05) is 24.3 Å². The Morgan fingerprint density at radius 1 is 1.24 bits per heavy atom. The number of aliphatic hydroxyl groups excluding tert-OH is 2. The van der Waals surface area contributed by atoms with Gasteiger partial charge >= 0.3 is 0 Å². The van der Waals surface area contributed by atoms with Gasteiger partial charge in [-0.15, -0.1) is 0 Å². The molecule has 2 aromatic rings. The minimum atomic E-state index is -0.941. The molecule has 0 saturated carbocycles. The summed E-state index contributed by atoms with van der Waals surface area (Å²) in [5, 5.41) is 24.6. The number of nitrogens with one attached hydrogen (secondary N) is 1. The maximum absolute atomic E-state index is 13.5. The van der Waals surface area contributed by atoms with Crippen LogP contribution >= 0.6 is 0 Å². The molecule has 1 fully saturated rings. The summed E-state index contributed by atoms with van der Waals surface area (Å²) in [6, 6.07) is 14.1. The number of hydrogen-bond acceptors (Lipinski definition) is 5. The molecule has 0 aromatic heterocycles. The van der Waals surface area contributed by atoms with Gasteiger partial charge in [-0.25, -0.2) is 0 Å². The molecule has 34 heavy (non-hydrogen) atoms. The summed E-state index contributed by atoms with van der Waals surface area (Å²) in [5.74, 6) is 0.213. The van der Waals surface area contributed by atoms with Crippen molar-refractivity contribution in [1.29, 1.82) is 0 Å². The van der Waals surface area contributed by atoms with Crippen LogP contribution in [-0.4, -0.2) is 59.3 Å². The predicted octanol–water partition coefficient (Wildman–Crippen LogP) is 3.42. The topological polar surface area (TPSA) is 99.1 Å². The third kappa shape index (κ3) is 4.81. The molecule has 1 saturated heterocycles. The number of aliphatic hydroxyl groups is 2. The standard InChI is InChI=1S/C27H34N2O5/c1-3-17(16-30)19-11-12-29(27(33)18-7-5-4-6-8-18)24(13-19)26(32)22-15-25(31)28-23-10-9-20(34-2)14-21(22)23/h4-10,14,17,19,22,24,26,30,32H,3,11-13,15-16H2,1-2H3,(H,28,31). The highest BCUT2D eigenvalue weighted by atomic mass is 16.5. The lowest BCUT2D eigenvalue weighted by Gasteiger charge is -2.46. The van der Waals surface area contributed by atoms with Crippen molar-refractivity contribution in [1.82, 2.24) is 4.90 Å². The van der Waals surface area contributed by atoms with Crippen LogP contribution in [0, 0.1) is 11.8 Å². The Kier molecular flexibility index (Phi) is 7.54. The van der Waals surface area contributed by atoms with Crippen LogP contribution in [0.3, 0.4) is 0 Å². The fourth-order valence-corrected chi connectivity index (χ4v) is 5.56. The second kappa shape index (κ2) is 10.6. The van der Waals surface area contributed by atoms with Crippen molar-refractivity contribution < 1.29 is 24.5 Å². The number of amides is 2. The van der Waals surface area contributed by atoms with Crippen LogP contribution in [0.25, 0.3) is 0 Å². The van der Waals surface area contributed by atoms with Gasteiger partial charge in [-0.3, -0.25) is 9.59 Å². The molecule has 0 spiro atoms. The summed E-state index contributed by atoms with van der Waals surface area (Å²) in [6.07, 6.45) is 1.38. The smallest absolute Gasteiger partial charge is 0.254 e. The van der Waals surface area contributed by atoms with Crippen LogP contribution in [0.4, 0.5) is 5.69 Å². The third-order valence-electron chi connectivity index (χ3n) is 7.54. The van der Waals surface area contributed by atoms with Gasteiger partial charge in [-0.2, -0.15) is 0 Å². The number of carbonyl (C=O) groups is 2. The molecule has 3 N–H and O–H groups in total. The summed E-state index contributed by atoms with van der Waals surface area (Å²) in [6.45, 7) is 2.64. The molecule has 2 heterocycles. The average molecular weight is 467 g/mol. The molecule has 182 valence electrons. The van der Waals surface area contributed by atoms with Crippen molar-refractivity contribution in [2.24, 2.45) is 11.8 Å². The Hall–Kier alpha value is -2.90. The van der Waals surface area contributed by atoms with Crippen LogP contribution in [0.5, 0.6) is 5.75 Å². The SMILES string of the molecule is CCC(CO)C1CCN(C(=O)c2ccccc2)C(C(O)C2CC(=O)Nc3ccc(OC)cc32)C1. The molecule has 0 aliphatic carbocycles. The largest absolute Gasteiger partial charge is 0.497 e. The molecule has 2 aliphatic heterocycles. The summed E-state index contributed by atoms with van der Waals surface area (Å²) in [4.78, 5) is 27.8. The summed E-state index contributed by atoms with van der Waals surface area (Å²) in [5.41, 5.74) is 2.06. The molecule has 2 amide bonds. The molecule has 7 nitrogen and oxygen atoms in total. The van der Waals surface area contributed by atoms with Crippen molar-refractivity contribution in [3.8, 4) is 5.75 Å². The van der Waals surface area contributed by atoms with E-state index in [2.05, 4.69) is 12.2 Å². The van der Waals surface area contributed by atoms with E-state index in [9.17, 15) is 19.8 Å². The number of methoxy groups -OCH3 is 1. The van der Waals surface area contributed by atoms with Crippen molar-refractivity contribution in [2.75, 3.05) is 25.6 Å². The number of nitrogens with zero attached hydrogens (tertiary/aromatic N) is 1. The molecular formula is C27H34N2O5. The van der Waals surface area contributed by atoms with Crippen molar-refractivity contribution in [3.63, 3.8) is 0 Å². The van der Waals surface area contributed by atoms with E-state index < -0.39 is 18.1 Å². The maximum atomic E-state index is 13.5. The van der Waals surface area contributed by atoms with E-state index in [-0.39, 0.29) is 36.7 Å². The first-order valence-corrected chi connectivity index (χ1v) is 12.1. The Balaban J connectivity index is 1.69. The van der Waals surface area contributed by atoms with Gasteiger partial charge in [-0.1, -0.05) is 31.5 Å². The summed E-state index contributed by atoms with van der Waals surface area (Å²) < 4.78 is 5.39. The highest BCUT2D eigenvalue weighted by Gasteiger charge is 2.43. The lowest BCUT2D eigenvalue weighted by molar-refractivity contribution is -0.118. The predicted molar refractivity (Wildman–Crippen MR) is 130 cm³/mol. The second-order valence-corrected chi connectivity index (χ2v) is 9.37. The first-order valence-electron chi connectivity index (χ1n) is 12.1. The van der Waals surface area contributed by atoms with E-state index in [4.69, 9.17) is 4.74 Å². The fraction of sp³-hybridized carbons (Fsp3) is 0.481. The Morgan fingerprint density at radius 2 is 2.00 bits per heavy atom. The molecule has 7 heteroatoms. The Morgan fingerprint density at radius 3 is 2.68 bits per heavy atom. The third-order valence-corrected chi connectivity index (χ3v) is 7.54. The van der Waals surface area contributed by atoms with Gasteiger partial charge in [0.15, 0.2) is 0 Å². The molecular weight excluding hydrogens is 432 g/mol. The lowest BCUT2D eigenvalue weighted by atomic mass is 9.74. The van der Waals surface area contributed by atoms with E-state index in [0.717, 1.165) is 18.4 Å². The minimum absolute atomic E-state index is 0.0858. The molecule has 2 aliphatic rings. The van der Waals surface area contributed by atoms with Crippen LogP contribution in [0.2, 0.25) is 0 Å². The number of anilines is 1. The van der Waals surface area contributed by atoms with E-state index >= 15 is 0 Å². The summed E-state index contributed by atoms with van der Waals surface area (Å²) >= 11 is 0. The molecule has 0 radical (unpaired) electrons. The van der Waals surface area contributed by atoms with Gasteiger partial charge in [0, 0.05) is 36.7 Å². The average Bonchev–Trinajstić information content (AvgIpc) is 2.88. The van der Waals surface area contributed by atoms with E-state index in [1.165, 1.54) is 0 Å². The number of piperidine rings is 1. The maximum Gasteiger partial charge on any atom is 0.254 e. The fourth-order valence-electron chi connectivity index (χ4n) is 5.56. The number of likely N-dealkylation sites (tertiary alicyclic amines) is 1. The number of fused-ring (bicyclic) bond motifs is 1. The van der Waals surface area contributed by atoms with E-state index in [1.54, 1.807) is 36.3 Å². The van der Waals surface area contributed by atoms with Crippen LogP contribution < -0.4 is 10.1 Å². The number of rotatable bonds is 7. The number of hydrogen-bond donors (Lipinski definition) is 3. The zero-order valence-corrected chi connectivity index (χ0v) is 19.8. The van der Waals surface area contributed by atoms with Gasteiger partial charge in [0.2, 0.25) is 5.91 Å². The molecule has 5 unspecified atom stereocenters. The van der Waals surface area contributed by atoms with Crippen LogP contribution in [-0.2, 0) is 4.79 Å². The first-order chi connectivity index (χ1) is 16.5. The van der Waals surface area contributed by atoms with Crippen LogP contribution in [0.15, 0.2) is 48.5 Å². The monoisotopic (exact) mass is 466 g/mol. The number of ether oxygens (including phenoxy) is 1. The normalized spacial score (nSPS) is 24.1. The van der Waals surface area contributed by atoms with Crippen molar-refractivity contribution in [2.45, 2.75) is 50.7 Å². The zero-order chi connectivity index (χ0) is 24.2. The van der Waals surface area contributed by atoms with E-state index in [0.29, 0.717) is 30.0 Å². The lowest BCUT2D eigenvalue weighted by Crippen LogP contribution is -2.54. The Labute approximate surface area is 200 Å². The van der Waals surface area contributed by atoms with Crippen molar-refractivity contribution in [3.05, 3.63) is 59.7 Å². The highest BCUT2D eigenvalue weighted by molar-refractivity contribution is 5.95. The molecule has 0 bridgehead atoms. The van der Waals surface area contributed by atoms with Gasteiger partial charge < -0.3 is 25.2 Å². The number of carbonyl (C=O) groups excluding carboxylic acids is 2. The molecule has 2 aromatic carbocycles. The van der Waals surface area contributed by atoms with Gasteiger partial charge in [0.05, 0.1) is 19.3 Å². The second-order valence-electron chi connectivity index (χ2n) is 9.37. The zero-order valence-electron chi connectivity index (χ0n) is 19.8. The number of benzene rings is 2. The minimum Gasteiger partial charge on any atom is -0.497 e. The quantitative estimate of drug-likeness (QED) is 0.581. The molecule has 5 atom stereocenters. The van der Waals surface area contributed by atoms with Gasteiger partial charge in [-0.05, 0) is 60.6 Å². The van der Waals surface area contributed by atoms with Crippen molar-refractivity contribution >= 4 is 17.5 Å². The Bertz CT molecular complexity index is 1010. The first kappa shape index (κ1) is 24.2. The molecule has 4 rings (SSSR count). The highest BCUT2D eigenvalue weighted by Crippen LogP contribution is 2.41. The van der Waals surface area contributed by atoms with Crippen LogP contribution in [0.1, 0.15) is 54.4 Å².